The lowest BCUT2D eigenvalue weighted by molar-refractivity contribution is -0.125. The van der Waals surface area contributed by atoms with E-state index in [0.717, 1.165) is 5.69 Å². The van der Waals surface area contributed by atoms with Gasteiger partial charge in [-0.05, 0) is 32.9 Å². The van der Waals surface area contributed by atoms with Crippen LogP contribution in [0.5, 0.6) is 0 Å². The zero-order chi connectivity index (χ0) is 15.4. The summed E-state index contributed by atoms with van der Waals surface area (Å²) in [4.78, 5) is 18.7. The van der Waals surface area contributed by atoms with Crippen LogP contribution in [0.3, 0.4) is 0 Å². The Bertz CT molecular complexity index is 565. The summed E-state index contributed by atoms with van der Waals surface area (Å²) >= 11 is 0. The molecule has 0 radical (unpaired) electrons. The smallest absolute Gasteiger partial charge is 0.245 e. The second-order valence-corrected chi connectivity index (χ2v) is 5.41. The highest BCUT2D eigenvalue weighted by atomic mass is 16.5. The minimum Gasteiger partial charge on any atom is -0.377 e. The summed E-state index contributed by atoms with van der Waals surface area (Å²) in [7, 11) is 0. The number of anilines is 1. The van der Waals surface area contributed by atoms with Crippen LogP contribution in [0.15, 0.2) is 12.1 Å². The second-order valence-electron chi connectivity index (χ2n) is 5.41. The van der Waals surface area contributed by atoms with E-state index >= 15 is 0 Å². The van der Waals surface area contributed by atoms with Gasteiger partial charge in [-0.15, -0.1) is 0 Å². The third kappa shape index (κ3) is 3.70. The molecule has 1 aliphatic heterocycles. The van der Waals surface area contributed by atoms with Gasteiger partial charge in [0.05, 0.1) is 24.8 Å². The van der Waals surface area contributed by atoms with E-state index in [9.17, 15) is 4.79 Å². The number of pyridine rings is 1. The van der Waals surface area contributed by atoms with E-state index in [1.165, 1.54) is 0 Å². The Labute approximate surface area is 124 Å². The summed E-state index contributed by atoms with van der Waals surface area (Å²) in [5.41, 5.74) is 1.31. The number of ether oxygens (including phenoxy) is 1. The number of hydrogen-bond acceptors (Lipinski definition) is 5. The van der Waals surface area contributed by atoms with Crippen LogP contribution in [-0.4, -0.2) is 42.7 Å². The first kappa shape index (κ1) is 15.3. The van der Waals surface area contributed by atoms with Crippen molar-refractivity contribution in [2.24, 2.45) is 0 Å². The van der Waals surface area contributed by atoms with Crippen molar-refractivity contribution < 1.29 is 9.53 Å². The number of amides is 1. The van der Waals surface area contributed by atoms with Crippen molar-refractivity contribution in [3.63, 3.8) is 0 Å². The number of hydrogen-bond donors (Lipinski definition) is 1. The summed E-state index contributed by atoms with van der Waals surface area (Å²) in [5.74, 6) is 0.574. The Morgan fingerprint density at radius 1 is 1.57 bits per heavy atom. The molecule has 6 nitrogen and oxygen atoms in total. The van der Waals surface area contributed by atoms with Crippen molar-refractivity contribution in [2.45, 2.75) is 32.9 Å². The molecule has 112 valence electrons. The van der Waals surface area contributed by atoms with Gasteiger partial charge in [0.15, 0.2) is 0 Å². The van der Waals surface area contributed by atoms with Gasteiger partial charge in [0.1, 0.15) is 11.9 Å². The maximum atomic E-state index is 12.3. The summed E-state index contributed by atoms with van der Waals surface area (Å²) in [6, 6.07) is 5.23. The standard InChI is InChI=1S/C15H20N4O2/c1-10(2)17-15(20)13-9-21-5-4-19(13)14-7-12(8-16)6-11(3)18-14/h6-7,10,13H,4-5,9H2,1-3H3,(H,17,20). The summed E-state index contributed by atoms with van der Waals surface area (Å²) < 4.78 is 5.43. The molecule has 1 N–H and O–H groups in total. The SMILES string of the molecule is Cc1cc(C#N)cc(N2CCOCC2C(=O)NC(C)C)n1. The third-order valence-corrected chi connectivity index (χ3v) is 3.23. The Kier molecular flexibility index (Phi) is 4.76. The van der Waals surface area contributed by atoms with Gasteiger partial charge in [-0.2, -0.15) is 5.26 Å². The number of aryl methyl sites for hydroxylation is 1. The van der Waals surface area contributed by atoms with E-state index in [2.05, 4.69) is 16.4 Å². The van der Waals surface area contributed by atoms with Crippen molar-refractivity contribution in [1.82, 2.24) is 10.3 Å². The fourth-order valence-electron chi connectivity index (χ4n) is 2.34. The molecular weight excluding hydrogens is 268 g/mol. The molecule has 1 atom stereocenters. The molecule has 2 heterocycles. The third-order valence-electron chi connectivity index (χ3n) is 3.23. The van der Waals surface area contributed by atoms with Crippen LogP contribution in [0.2, 0.25) is 0 Å². The fourth-order valence-corrected chi connectivity index (χ4v) is 2.34. The lowest BCUT2D eigenvalue weighted by atomic mass is 10.1. The van der Waals surface area contributed by atoms with E-state index in [4.69, 9.17) is 10.00 Å². The molecule has 0 aliphatic carbocycles. The van der Waals surface area contributed by atoms with Crippen LogP contribution in [-0.2, 0) is 9.53 Å². The van der Waals surface area contributed by atoms with Gasteiger partial charge in [-0.25, -0.2) is 4.98 Å². The topological polar surface area (TPSA) is 78.2 Å². The quantitative estimate of drug-likeness (QED) is 0.897. The van der Waals surface area contributed by atoms with Gasteiger partial charge in [0.25, 0.3) is 0 Å². The van der Waals surface area contributed by atoms with Crippen molar-refractivity contribution in [1.29, 1.82) is 5.26 Å². The molecule has 0 spiro atoms. The molecule has 1 aliphatic rings. The second kappa shape index (κ2) is 6.55. The Morgan fingerprint density at radius 2 is 2.33 bits per heavy atom. The summed E-state index contributed by atoms with van der Waals surface area (Å²) in [6.45, 7) is 7.14. The molecule has 1 aromatic rings. The summed E-state index contributed by atoms with van der Waals surface area (Å²) in [5, 5.41) is 12.0. The van der Waals surface area contributed by atoms with E-state index in [1.54, 1.807) is 12.1 Å². The molecule has 1 fully saturated rings. The summed E-state index contributed by atoms with van der Waals surface area (Å²) in [6.07, 6.45) is 0. The molecule has 6 heteroatoms. The first-order chi connectivity index (χ1) is 10.0. The minimum absolute atomic E-state index is 0.0708. The van der Waals surface area contributed by atoms with Crippen molar-refractivity contribution in [3.05, 3.63) is 23.4 Å². The van der Waals surface area contributed by atoms with E-state index in [0.29, 0.717) is 31.1 Å². The van der Waals surface area contributed by atoms with Crippen LogP contribution in [0.25, 0.3) is 0 Å². The first-order valence-corrected chi connectivity index (χ1v) is 7.05. The first-order valence-electron chi connectivity index (χ1n) is 7.05. The molecule has 0 bridgehead atoms. The molecule has 1 saturated heterocycles. The zero-order valence-corrected chi connectivity index (χ0v) is 12.6. The largest absolute Gasteiger partial charge is 0.377 e. The van der Waals surface area contributed by atoms with Crippen LogP contribution < -0.4 is 10.2 Å². The molecule has 1 aromatic heterocycles. The number of aromatic nitrogens is 1. The molecule has 0 saturated carbocycles. The highest BCUT2D eigenvalue weighted by Gasteiger charge is 2.30. The Hall–Kier alpha value is -2.13. The van der Waals surface area contributed by atoms with Crippen LogP contribution in [0.4, 0.5) is 5.82 Å². The van der Waals surface area contributed by atoms with Crippen molar-refractivity contribution >= 4 is 11.7 Å². The van der Waals surface area contributed by atoms with Gasteiger partial charge < -0.3 is 15.0 Å². The number of rotatable bonds is 3. The number of morpholine rings is 1. The normalized spacial score (nSPS) is 18.4. The predicted molar refractivity (Wildman–Crippen MR) is 78.9 cm³/mol. The van der Waals surface area contributed by atoms with Crippen LogP contribution in [0, 0.1) is 18.3 Å². The molecule has 1 amide bonds. The van der Waals surface area contributed by atoms with Crippen molar-refractivity contribution in [2.75, 3.05) is 24.7 Å². The number of carbonyl (C=O) groups is 1. The maximum absolute atomic E-state index is 12.3. The number of nitrogens with one attached hydrogen (secondary N) is 1. The highest BCUT2D eigenvalue weighted by molar-refractivity contribution is 5.85. The van der Waals surface area contributed by atoms with E-state index < -0.39 is 6.04 Å². The maximum Gasteiger partial charge on any atom is 0.245 e. The van der Waals surface area contributed by atoms with E-state index in [-0.39, 0.29) is 11.9 Å². The molecule has 2 rings (SSSR count). The van der Waals surface area contributed by atoms with Crippen LogP contribution >= 0.6 is 0 Å². The highest BCUT2D eigenvalue weighted by Crippen LogP contribution is 2.20. The average Bonchev–Trinajstić information content (AvgIpc) is 2.45. The van der Waals surface area contributed by atoms with E-state index in [1.807, 2.05) is 25.7 Å². The van der Waals surface area contributed by atoms with Crippen molar-refractivity contribution in [3.8, 4) is 6.07 Å². The molecule has 1 unspecified atom stereocenters. The predicted octanol–water partition coefficient (Wildman–Crippen LogP) is 0.991. The number of carbonyl (C=O) groups excluding carboxylic acids is 1. The monoisotopic (exact) mass is 288 g/mol. The van der Waals surface area contributed by atoms with Gasteiger partial charge in [-0.1, -0.05) is 0 Å². The lowest BCUT2D eigenvalue weighted by Gasteiger charge is -2.36. The molecular formula is C15H20N4O2. The van der Waals surface area contributed by atoms with Gasteiger partial charge in [0, 0.05) is 18.3 Å². The lowest BCUT2D eigenvalue weighted by Crippen LogP contribution is -2.55. The van der Waals surface area contributed by atoms with Gasteiger partial charge in [0.2, 0.25) is 5.91 Å². The van der Waals surface area contributed by atoms with Gasteiger partial charge in [-0.3, -0.25) is 4.79 Å². The Balaban J connectivity index is 2.28. The van der Waals surface area contributed by atoms with Crippen LogP contribution in [0.1, 0.15) is 25.1 Å². The molecule has 0 aromatic carbocycles. The zero-order valence-electron chi connectivity index (χ0n) is 12.6. The Morgan fingerprint density at radius 3 is 3.00 bits per heavy atom. The van der Waals surface area contributed by atoms with Gasteiger partial charge >= 0.3 is 0 Å². The molecule has 21 heavy (non-hydrogen) atoms. The number of nitrogens with zero attached hydrogens (tertiary/aromatic N) is 3. The minimum atomic E-state index is -0.415. The number of nitriles is 1. The fraction of sp³-hybridized carbons (Fsp3) is 0.533. The average molecular weight is 288 g/mol.